The molecule has 0 bridgehead atoms. The highest BCUT2D eigenvalue weighted by molar-refractivity contribution is 5.89. The number of amides is 1. The van der Waals surface area contributed by atoms with E-state index in [-0.39, 0.29) is 0 Å². The van der Waals surface area contributed by atoms with Crippen LogP contribution in [-0.2, 0) is 19.1 Å². The molecule has 0 spiro atoms. The van der Waals surface area contributed by atoms with Crippen LogP contribution in [0.25, 0.3) is 0 Å². The van der Waals surface area contributed by atoms with Gasteiger partial charge in [-0.15, -0.1) is 0 Å². The molecule has 1 amide bonds. The Morgan fingerprint density at radius 3 is 1.92 bits per heavy atom. The molecule has 0 heterocycles. The summed E-state index contributed by atoms with van der Waals surface area (Å²) in [6, 6.07) is 0. The predicted molar refractivity (Wildman–Crippen MR) is 92.3 cm³/mol. The Balaban J connectivity index is 3.48. The Bertz CT molecular complexity index is 370. The van der Waals surface area contributed by atoms with Crippen LogP contribution in [0.1, 0.15) is 84.5 Å². The summed E-state index contributed by atoms with van der Waals surface area (Å²) < 4.78 is 4.26. The van der Waals surface area contributed by atoms with Crippen molar-refractivity contribution >= 4 is 17.8 Å². The van der Waals surface area contributed by atoms with Crippen LogP contribution < -0.4 is 5.32 Å². The molecule has 0 aliphatic carbocycles. The van der Waals surface area contributed by atoms with E-state index in [0.717, 1.165) is 26.2 Å². The maximum absolute atomic E-state index is 11.6. The molecular formula is C18H33NO5. The van der Waals surface area contributed by atoms with Gasteiger partial charge in [0.25, 0.3) is 0 Å². The van der Waals surface area contributed by atoms with E-state index in [1.165, 1.54) is 44.9 Å². The molecule has 0 radical (unpaired) electrons. The fourth-order valence-electron chi connectivity index (χ4n) is 2.39. The molecule has 0 rings (SSSR count). The third-order valence-corrected chi connectivity index (χ3v) is 3.75. The van der Waals surface area contributed by atoms with Crippen molar-refractivity contribution in [2.24, 2.45) is 0 Å². The van der Waals surface area contributed by atoms with Gasteiger partial charge >= 0.3 is 11.9 Å². The van der Waals surface area contributed by atoms with Crippen LogP contribution >= 0.6 is 0 Å². The minimum absolute atomic E-state index is 0.480. The number of carbonyl (C=O) groups is 3. The van der Waals surface area contributed by atoms with E-state index in [4.69, 9.17) is 0 Å². The van der Waals surface area contributed by atoms with Crippen molar-refractivity contribution in [1.29, 1.82) is 0 Å². The lowest BCUT2D eigenvalue weighted by atomic mass is 10.1. The highest BCUT2D eigenvalue weighted by Crippen LogP contribution is 2.10. The lowest BCUT2D eigenvalue weighted by Crippen LogP contribution is -2.36. The third kappa shape index (κ3) is 14.2. The molecule has 1 atom stereocenters. The molecule has 0 aromatic carbocycles. The van der Waals surface area contributed by atoms with Crippen LogP contribution in [0.3, 0.4) is 0 Å². The van der Waals surface area contributed by atoms with Crippen LogP contribution in [0.15, 0.2) is 0 Å². The number of rotatable bonds is 14. The summed E-state index contributed by atoms with van der Waals surface area (Å²) in [6.07, 6.45) is 10.1. The highest BCUT2D eigenvalue weighted by atomic mass is 16.6. The zero-order valence-electron chi connectivity index (χ0n) is 15.1. The van der Waals surface area contributed by atoms with E-state index in [2.05, 4.69) is 17.0 Å². The second-order valence-electron chi connectivity index (χ2n) is 6.16. The minimum atomic E-state index is -1.47. The normalized spacial score (nSPS) is 11.8. The molecule has 0 fully saturated rings. The predicted octanol–water partition coefficient (Wildman–Crippen LogP) is 2.86. The second-order valence-corrected chi connectivity index (χ2v) is 6.16. The SMILES string of the molecule is CCCCCCCCCCCCNC(=O)C(O)CC(=O)OC(C)=O. The van der Waals surface area contributed by atoms with Gasteiger partial charge in [-0.2, -0.15) is 0 Å². The van der Waals surface area contributed by atoms with Crippen LogP contribution in [0, 0.1) is 0 Å². The van der Waals surface area contributed by atoms with Crippen LogP contribution in [0.4, 0.5) is 0 Å². The molecule has 0 aromatic rings. The number of hydrogen-bond acceptors (Lipinski definition) is 5. The number of ether oxygens (including phenoxy) is 1. The second kappa shape index (κ2) is 15.1. The molecular weight excluding hydrogens is 310 g/mol. The van der Waals surface area contributed by atoms with E-state index >= 15 is 0 Å². The van der Waals surface area contributed by atoms with E-state index in [1.54, 1.807) is 0 Å². The Kier molecular flexibility index (Phi) is 14.2. The minimum Gasteiger partial charge on any atom is -0.393 e. The maximum Gasteiger partial charge on any atom is 0.316 e. The first-order valence-corrected chi connectivity index (χ1v) is 9.14. The Labute approximate surface area is 145 Å². The van der Waals surface area contributed by atoms with Gasteiger partial charge in [0.15, 0.2) is 0 Å². The van der Waals surface area contributed by atoms with Crippen molar-refractivity contribution in [3.63, 3.8) is 0 Å². The number of unbranched alkanes of at least 4 members (excludes halogenated alkanes) is 9. The topological polar surface area (TPSA) is 92.7 Å². The van der Waals surface area contributed by atoms with Gasteiger partial charge in [0.05, 0.1) is 6.42 Å². The molecule has 6 nitrogen and oxygen atoms in total. The van der Waals surface area contributed by atoms with Gasteiger partial charge in [-0.05, 0) is 6.42 Å². The molecule has 2 N–H and O–H groups in total. The Hall–Kier alpha value is -1.43. The first kappa shape index (κ1) is 22.6. The standard InChI is InChI=1S/C18H33NO5/c1-3-4-5-6-7-8-9-10-11-12-13-19-18(23)16(21)14-17(22)24-15(2)20/h16,21H,3-14H2,1-2H3,(H,19,23). The van der Waals surface area contributed by atoms with Gasteiger partial charge < -0.3 is 15.2 Å². The number of aliphatic hydroxyl groups is 1. The largest absolute Gasteiger partial charge is 0.393 e. The molecule has 140 valence electrons. The lowest BCUT2D eigenvalue weighted by molar-refractivity contribution is -0.160. The average Bonchev–Trinajstić information content (AvgIpc) is 2.51. The van der Waals surface area contributed by atoms with E-state index in [0.29, 0.717) is 6.54 Å². The highest BCUT2D eigenvalue weighted by Gasteiger charge is 2.20. The summed E-state index contributed by atoms with van der Waals surface area (Å²) in [5.41, 5.74) is 0. The van der Waals surface area contributed by atoms with Crippen LogP contribution in [0.2, 0.25) is 0 Å². The van der Waals surface area contributed by atoms with Crippen molar-refractivity contribution in [1.82, 2.24) is 5.32 Å². The number of hydrogen-bond donors (Lipinski definition) is 2. The zero-order valence-corrected chi connectivity index (χ0v) is 15.1. The van der Waals surface area contributed by atoms with Gasteiger partial charge in [-0.1, -0.05) is 64.7 Å². The van der Waals surface area contributed by atoms with Gasteiger partial charge in [0, 0.05) is 13.5 Å². The van der Waals surface area contributed by atoms with Crippen molar-refractivity contribution in [3.8, 4) is 0 Å². The smallest absolute Gasteiger partial charge is 0.316 e. The molecule has 0 saturated carbocycles. The summed E-state index contributed by atoms with van der Waals surface area (Å²) in [4.78, 5) is 33.3. The first-order valence-electron chi connectivity index (χ1n) is 9.14. The summed E-state index contributed by atoms with van der Waals surface area (Å²) >= 11 is 0. The van der Waals surface area contributed by atoms with Gasteiger partial charge in [0.1, 0.15) is 6.10 Å². The van der Waals surface area contributed by atoms with Crippen molar-refractivity contribution < 1.29 is 24.2 Å². The third-order valence-electron chi connectivity index (χ3n) is 3.75. The Morgan fingerprint density at radius 2 is 1.42 bits per heavy atom. The maximum atomic E-state index is 11.6. The van der Waals surface area contributed by atoms with E-state index in [1.807, 2.05) is 0 Å². The fourth-order valence-corrected chi connectivity index (χ4v) is 2.39. The van der Waals surface area contributed by atoms with Crippen molar-refractivity contribution in [2.45, 2.75) is 90.6 Å². The molecule has 6 heteroatoms. The summed E-state index contributed by atoms with van der Waals surface area (Å²) in [5.74, 6) is -2.26. The summed E-state index contributed by atoms with van der Waals surface area (Å²) in [7, 11) is 0. The van der Waals surface area contributed by atoms with Crippen LogP contribution in [-0.4, -0.2) is 35.6 Å². The zero-order chi connectivity index (χ0) is 18.2. The van der Waals surface area contributed by atoms with E-state index < -0.39 is 30.4 Å². The van der Waals surface area contributed by atoms with Gasteiger partial charge in [0.2, 0.25) is 5.91 Å². The van der Waals surface area contributed by atoms with Crippen molar-refractivity contribution in [2.75, 3.05) is 6.54 Å². The Morgan fingerprint density at radius 1 is 0.917 bits per heavy atom. The average molecular weight is 343 g/mol. The number of aliphatic hydroxyl groups excluding tert-OH is 1. The van der Waals surface area contributed by atoms with Crippen molar-refractivity contribution in [3.05, 3.63) is 0 Å². The van der Waals surface area contributed by atoms with Crippen LogP contribution in [0.5, 0.6) is 0 Å². The molecule has 0 aliphatic heterocycles. The molecule has 1 unspecified atom stereocenters. The molecule has 0 saturated heterocycles. The molecule has 24 heavy (non-hydrogen) atoms. The number of carbonyl (C=O) groups excluding carboxylic acids is 3. The quantitative estimate of drug-likeness (QED) is 0.287. The lowest BCUT2D eigenvalue weighted by Gasteiger charge is -2.10. The molecule has 0 aliphatic rings. The molecule has 0 aromatic heterocycles. The number of esters is 2. The first-order chi connectivity index (χ1) is 11.5. The summed E-state index contributed by atoms with van der Waals surface area (Å²) in [6.45, 7) is 3.79. The monoisotopic (exact) mass is 343 g/mol. The number of nitrogens with one attached hydrogen (secondary N) is 1. The summed E-state index contributed by atoms with van der Waals surface area (Å²) in [5, 5.41) is 12.1. The van der Waals surface area contributed by atoms with E-state index in [9.17, 15) is 19.5 Å². The fraction of sp³-hybridized carbons (Fsp3) is 0.833. The van der Waals surface area contributed by atoms with Gasteiger partial charge in [-0.3, -0.25) is 14.4 Å². The van der Waals surface area contributed by atoms with Gasteiger partial charge in [-0.25, -0.2) is 0 Å².